The molecule has 0 aliphatic carbocycles. The lowest BCUT2D eigenvalue weighted by Crippen LogP contribution is -2.50. The van der Waals surface area contributed by atoms with E-state index in [0.717, 1.165) is 61.5 Å². The number of amides is 2. The molecule has 1 aliphatic heterocycles. The zero-order valence-corrected chi connectivity index (χ0v) is 16.7. The highest BCUT2D eigenvalue weighted by atomic mass is 16.5. The highest BCUT2D eigenvalue weighted by Crippen LogP contribution is 2.21. The summed E-state index contributed by atoms with van der Waals surface area (Å²) in [7, 11) is 1.71. The minimum atomic E-state index is -0.0625. The van der Waals surface area contributed by atoms with Crippen LogP contribution in [0.15, 0.2) is 60.8 Å². The van der Waals surface area contributed by atoms with Crippen LogP contribution in [-0.4, -0.2) is 60.6 Å². The summed E-state index contributed by atoms with van der Waals surface area (Å²) in [5.41, 5.74) is 2.80. The zero-order chi connectivity index (χ0) is 20.1. The fourth-order valence-electron chi connectivity index (χ4n) is 3.76. The summed E-state index contributed by atoms with van der Waals surface area (Å²) >= 11 is 0. The number of benzene rings is 2. The second-order valence-electron chi connectivity index (χ2n) is 7.20. The Bertz CT molecular complexity index is 978. The van der Waals surface area contributed by atoms with Gasteiger partial charge in [-0.3, -0.25) is 9.88 Å². The average molecular weight is 390 g/mol. The van der Waals surface area contributed by atoms with Gasteiger partial charge in [0.05, 0.1) is 18.3 Å². The molecule has 0 saturated carbocycles. The summed E-state index contributed by atoms with van der Waals surface area (Å²) in [5.74, 6) is 0.939. The molecule has 2 aromatic carbocycles. The molecule has 1 fully saturated rings. The molecule has 3 aromatic rings. The number of ether oxygens (including phenoxy) is 1. The highest BCUT2D eigenvalue weighted by Gasteiger charge is 2.21. The summed E-state index contributed by atoms with van der Waals surface area (Å²) in [6.45, 7) is 4.14. The van der Waals surface area contributed by atoms with E-state index in [9.17, 15) is 4.79 Å². The average Bonchev–Trinajstić information content (AvgIpc) is 2.78. The summed E-state index contributed by atoms with van der Waals surface area (Å²) in [6, 6.07) is 17.8. The van der Waals surface area contributed by atoms with Crippen molar-refractivity contribution in [1.82, 2.24) is 14.8 Å². The van der Waals surface area contributed by atoms with Gasteiger partial charge < -0.3 is 15.0 Å². The van der Waals surface area contributed by atoms with Crippen LogP contribution >= 0.6 is 0 Å². The maximum atomic E-state index is 12.7. The second-order valence-corrected chi connectivity index (χ2v) is 7.20. The third-order valence-electron chi connectivity index (χ3n) is 5.42. The van der Waals surface area contributed by atoms with Crippen LogP contribution in [-0.2, 0) is 6.42 Å². The Morgan fingerprint density at radius 2 is 1.83 bits per heavy atom. The van der Waals surface area contributed by atoms with E-state index in [1.54, 1.807) is 13.3 Å². The Hall–Kier alpha value is -3.12. The van der Waals surface area contributed by atoms with Crippen LogP contribution in [0.3, 0.4) is 0 Å². The molecule has 4 rings (SSSR count). The number of nitrogens with zero attached hydrogens (tertiary/aromatic N) is 3. The summed E-state index contributed by atoms with van der Waals surface area (Å²) in [4.78, 5) is 21.4. The molecule has 150 valence electrons. The first-order chi connectivity index (χ1) is 14.2. The van der Waals surface area contributed by atoms with Crippen molar-refractivity contribution in [2.75, 3.05) is 45.2 Å². The molecule has 0 unspecified atom stereocenters. The molecule has 0 radical (unpaired) electrons. The predicted molar refractivity (Wildman–Crippen MR) is 115 cm³/mol. The third kappa shape index (κ3) is 4.49. The first-order valence-corrected chi connectivity index (χ1v) is 9.98. The van der Waals surface area contributed by atoms with Gasteiger partial charge in [0.2, 0.25) is 0 Å². The van der Waals surface area contributed by atoms with Crippen molar-refractivity contribution < 1.29 is 9.53 Å². The number of rotatable bonds is 5. The normalized spacial score (nSPS) is 14.7. The maximum absolute atomic E-state index is 12.7. The number of carbonyl (C=O) groups excluding carboxylic acids is 1. The van der Waals surface area contributed by atoms with Gasteiger partial charge in [-0.15, -0.1) is 0 Å². The van der Waals surface area contributed by atoms with Gasteiger partial charge in [-0.1, -0.05) is 36.4 Å². The van der Waals surface area contributed by atoms with Crippen LogP contribution in [0.5, 0.6) is 5.75 Å². The maximum Gasteiger partial charge on any atom is 0.321 e. The molecule has 29 heavy (non-hydrogen) atoms. The fraction of sp³-hybridized carbons (Fsp3) is 0.304. The third-order valence-corrected chi connectivity index (χ3v) is 5.42. The van der Waals surface area contributed by atoms with Crippen LogP contribution in [0.2, 0.25) is 0 Å². The number of pyridine rings is 1. The number of para-hydroxylation sites is 2. The Balaban J connectivity index is 1.30. The number of urea groups is 1. The van der Waals surface area contributed by atoms with Crippen LogP contribution in [0.4, 0.5) is 10.5 Å². The van der Waals surface area contributed by atoms with Gasteiger partial charge in [-0.25, -0.2) is 4.79 Å². The minimum absolute atomic E-state index is 0.0625. The SMILES string of the molecule is COc1ccccc1CCN1CCN(C(=O)Nc2cccc3cccnc23)CC1. The lowest BCUT2D eigenvalue weighted by Gasteiger charge is -2.34. The molecular weight excluding hydrogens is 364 g/mol. The summed E-state index contributed by atoms with van der Waals surface area (Å²) in [6.07, 6.45) is 2.69. The second kappa shape index (κ2) is 8.92. The Morgan fingerprint density at radius 3 is 2.66 bits per heavy atom. The monoisotopic (exact) mass is 390 g/mol. The molecule has 1 aliphatic rings. The van der Waals surface area contributed by atoms with Crippen molar-refractivity contribution in [2.45, 2.75) is 6.42 Å². The number of carbonyl (C=O) groups is 1. The van der Waals surface area contributed by atoms with E-state index in [4.69, 9.17) is 4.74 Å². The van der Waals surface area contributed by atoms with Crippen molar-refractivity contribution in [1.29, 1.82) is 0 Å². The van der Waals surface area contributed by atoms with Crippen LogP contribution in [0.25, 0.3) is 10.9 Å². The topological polar surface area (TPSA) is 57.7 Å². The van der Waals surface area contributed by atoms with Crippen molar-refractivity contribution in [3.05, 3.63) is 66.4 Å². The van der Waals surface area contributed by atoms with Crippen LogP contribution in [0, 0.1) is 0 Å². The van der Waals surface area contributed by atoms with E-state index in [2.05, 4.69) is 21.3 Å². The number of fused-ring (bicyclic) bond motifs is 1. The number of piperazine rings is 1. The molecular formula is C23H26N4O2. The molecule has 0 bridgehead atoms. The van der Waals surface area contributed by atoms with E-state index < -0.39 is 0 Å². The number of aromatic nitrogens is 1. The Labute approximate surface area is 171 Å². The van der Waals surface area contributed by atoms with Gasteiger partial charge >= 0.3 is 6.03 Å². The first-order valence-electron chi connectivity index (χ1n) is 9.98. The van der Waals surface area contributed by atoms with E-state index in [-0.39, 0.29) is 6.03 Å². The molecule has 0 spiro atoms. The van der Waals surface area contributed by atoms with Gasteiger partial charge in [0.1, 0.15) is 5.75 Å². The molecule has 2 heterocycles. The lowest BCUT2D eigenvalue weighted by molar-refractivity contribution is 0.148. The van der Waals surface area contributed by atoms with Crippen molar-refractivity contribution in [2.24, 2.45) is 0 Å². The Kier molecular flexibility index (Phi) is 5.91. The van der Waals surface area contributed by atoms with Crippen LogP contribution in [0.1, 0.15) is 5.56 Å². The van der Waals surface area contributed by atoms with Gasteiger partial charge in [0.15, 0.2) is 0 Å². The van der Waals surface area contributed by atoms with Crippen molar-refractivity contribution in [3.63, 3.8) is 0 Å². The predicted octanol–water partition coefficient (Wildman–Crippen LogP) is 3.64. The molecule has 6 nitrogen and oxygen atoms in total. The van der Waals surface area contributed by atoms with E-state index in [0.29, 0.717) is 0 Å². The van der Waals surface area contributed by atoms with E-state index in [1.807, 2.05) is 53.4 Å². The molecule has 6 heteroatoms. The smallest absolute Gasteiger partial charge is 0.321 e. The zero-order valence-electron chi connectivity index (χ0n) is 16.7. The molecule has 2 amide bonds. The van der Waals surface area contributed by atoms with Crippen molar-refractivity contribution in [3.8, 4) is 5.75 Å². The van der Waals surface area contributed by atoms with E-state index >= 15 is 0 Å². The quantitative estimate of drug-likeness (QED) is 0.723. The number of nitrogens with one attached hydrogen (secondary N) is 1. The molecule has 1 saturated heterocycles. The number of anilines is 1. The molecule has 0 atom stereocenters. The van der Waals surface area contributed by atoms with Gasteiger partial charge in [-0.2, -0.15) is 0 Å². The van der Waals surface area contributed by atoms with Gasteiger partial charge in [-0.05, 0) is 30.2 Å². The number of hydrogen-bond donors (Lipinski definition) is 1. The number of methoxy groups -OCH3 is 1. The Morgan fingerprint density at radius 1 is 1.03 bits per heavy atom. The van der Waals surface area contributed by atoms with Gasteiger partial charge in [0.25, 0.3) is 0 Å². The lowest BCUT2D eigenvalue weighted by atomic mass is 10.1. The van der Waals surface area contributed by atoms with Crippen LogP contribution < -0.4 is 10.1 Å². The summed E-state index contributed by atoms with van der Waals surface area (Å²) < 4.78 is 5.44. The molecule has 1 N–H and O–H groups in total. The fourth-order valence-corrected chi connectivity index (χ4v) is 3.76. The first kappa shape index (κ1) is 19.2. The number of hydrogen-bond acceptors (Lipinski definition) is 4. The largest absolute Gasteiger partial charge is 0.496 e. The van der Waals surface area contributed by atoms with Gasteiger partial charge in [0, 0.05) is 44.3 Å². The summed E-state index contributed by atoms with van der Waals surface area (Å²) in [5, 5.41) is 4.05. The minimum Gasteiger partial charge on any atom is -0.496 e. The standard InChI is InChI=1S/C23H26N4O2/c1-29-21-10-3-2-6-18(21)11-13-26-14-16-27(17-15-26)23(28)25-20-9-4-7-19-8-5-12-24-22(19)20/h2-10,12H,11,13-17H2,1H3,(H,25,28). The molecule has 1 aromatic heterocycles. The van der Waals surface area contributed by atoms with E-state index in [1.165, 1.54) is 5.56 Å². The highest BCUT2D eigenvalue weighted by molar-refractivity contribution is 5.99. The van der Waals surface area contributed by atoms with Crippen molar-refractivity contribution >= 4 is 22.6 Å².